The zero-order valence-electron chi connectivity index (χ0n) is 14.0. The molecule has 0 aliphatic rings. The van der Waals surface area contributed by atoms with Crippen molar-refractivity contribution in [1.82, 2.24) is 9.97 Å². The van der Waals surface area contributed by atoms with Gasteiger partial charge < -0.3 is 14.5 Å². The smallest absolute Gasteiger partial charge is 0.338 e. The molecule has 1 heterocycles. The molecule has 1 aromatic heterocycles. The average molecular weight is 338 g/mol. The van der Waals surface area contributed by atoms with Crippen LogP contribution in [-0.4, -0.2) is 23.0 Å². The van der Waals surface area contributed by atoms with E-state index in [-0.39, 0.29) is 5.56 Å². The Kier molecular flexibility index (Phi) is 4.90. The van der Waals surface area contributed by atoms with Crippen molar-refractivity contribution >= 4 is 16.9 Å². The van der Waals surface area contributed by atoms with Crippen LogP contribution in [0.1, 0.15) is 34.8 Å². The number of esters is 1. The molecule has 0 aliphatic carbocycles. The summed E-state index contributed by atoms with van der Waals surface area (Å²) < 4.78 is 10.5. The van der Waals surface area contributed by atoms with Crippen molar-refractivity contribution in [2.75, 3.05) is 7.11 Å². The minimum Gasteiger partial charge on any atom is -0.451 e. The molecule has 0 bridgehead atoms. The van der Waals surface area contributed by atoms with Crippen LogP contribution in [0.5, 0.6) is 0 Å². The molecule has 3 aromatic rings. The number of H-pyrrole nitrogens is 1. The Hall–Kier alpha value is -2.99. The van der Waals surface area contributed by atoms with E-state index >= 15 is 0 Å². The maximum Gasteiger partial charge on any atom is 0.338 e. The lowest BCUT2D eigenvalue weighted by molar-refractivity contribution is 0.0320. The highest BCUT2D eigenvalue weighted by Gasteiger charge is 2.16. The number of nitrogens with one attached hydrogen (secondary N) is 1. The largest absolute Gasteiger partial charge is 0.451 e. The van der Waals surface area contributed by atoms with E-state index in [0.29, 0.717) is 28.9 Å². The molecule has 0 spiro atoms. The average Bonchev–Trinajstić information content (AvgIpc) is 2.62. The monoisotopic (exact) mass is 338 g/mol. The molecule has 0 saturated carbocycles. The van der Waals surface area contributed by atoms with Gasteiger partial charge >= 0.3 is 5.97 Å². The van der Waals surface area contributed by atoms with Crippen LogP contribution in [0.2, 0.25) is 0 Å². The van der Waals surface area contributed by atoms with Crippen molar-refractivity contribution in [3.8, 4) is 0 Å². The lowest BCUT2D eigenvalue weighted by atomic mass is 10.1. The van der Waals surface area contributed by atoms with Crippen LogP contribution in [0.3, 0.4) is 0 Å². The number of methoxy groups -OCH3 is 1. The molecule has 0 saturated heterocycles. The van der Waals surface area contributed by atoms with Crippen LogP contribution < -0.4 is 5.56 Å². The van der Waals surface area contributed by atoms with E-state index in [9.17, 15) is 9.59 Å². The minimum atomic E-state index is -0.677. The molecule has 6 heteroatoms. The third kappa shape index (κ3) is 3.75. The molecule has 0 amide bonds. The summed E-state index contributed by atoms with van der Waals surface area (Å²) in [6.45, 7) is 2.15. The van der Waals surface area contributed by atoms with E-state index in [1.54, 1.807) is 62.6 Å². The Morgan fingerprint density at radius 3 is 2.60 bits per heavy atom. The van der Waals surface area contributed by atoms with Gasteiger partial charge in [0, 0.05) is 7.11 Å². The first-order valence-electron chi connectivity index (χ1n) is 7.86. The van der Waals surface area contributed by atoms with Gasteiger partial charge in [-0.15, -0.1) is 0 Å². The van der Waals surface area contributed by atoms with Crippen LogP contribution in [-0.2, 0) is 16.1 Å². The van der Waals surface area contributed by atoms with Gasteiger partial charge in [0.05, 0.1) is 23.1 Å². The maximum absolute atomic E-state index is 12.3. The Labute approximate surface area is 144 Å². The van der Waals surface area contributed by atoms with E-state index in [1.165, 1.54) is 0 Å². The van der Waals surface area contributed by atoms with Crippen LogP contribution >= 0.6 is 0 Å². The van der Waals surface area contributed by atoms with Gasteiger partial charge in [-0.3, -0.25) is 4.79 Å². The van der Waals surface area contributed by atoms with E-state index in [2.05, 4.69) is 9.97 Å². The highest BCUT2D eigenvalue weighted by molar-refractivity contribution is 5.89. The Bertz CT molecular complexity index is 948. The third-order valence-electron chi connectivity index (χ3n) is 3.80. The molecule has 1 atom stereocenters. The predicted octanol–water partition coefficient (Wildman–Crippen LogP) is 2.99. The molecule has 25 heavy (non-hydrogen) atoms. The van der Waals surface area contributed by atoms with Crippen LogP contribution in [0, 0.1) is 0 Å². The Balaban J connectivity index is 1.78. The number of carbonyl (C=O) groups excluding carboxylic acids is 1. The molecule has 6 nitrogen and oxygen atoms in total. The van der Waals surface area contributed by atoms with Crippen molar-refractivity contribution in [3.05, 3.63) is 75.8 Å². The first-order valence-corrected chi connectivity index (χ1v) is 7.86. The van der Waals surface area contributed by atoms with Crippen molar-refractivity contribution in [1.29, 1.82) is 0 Å². The first kappa shape index (κ1) is 16.9. The van der Waals surface area contributed by atoms with Gasteiger partial charge in [-0.05, 0) is 36.8 Å². The normalized spacial score (nSPS) is 12.1. The Morgan fingerprint density at radius 2 is 1.88 bits per heavy atom. The molecule has 2 aromatic carbocycles. The van der Waals surface area contributed by atoms with Crippen LogP contribution in [0.25, 0.3) is 10.9 Å². The quantitative estimate of drug-likeness (QED) is 0.723. The summed E-state index contributed by atoms with van der Waals surface area (Å²) >= 11 is 0. The number of hydrogen-bond acceptors (Lipinski definition) is 5. The second kappa shape index (κ2) is 7.27. The van der Waals surface area contributed by atoms with E-state index in [1.807, 2.05) is 0 Å². The summed E-state index contributed by atoms with van der Waals surface area (Å²) in [6.07, 6.45) is -0.677. The topological polar surface area (TPSA) is 81.3 Å². The Morgan fingerprint density at radius 1 is 1.16 bits per heavy atom. The van der Waals surface area contributed by atoms with E-state index in [0.717, 1.165) is 5.56 Å². The van der Waals surface area contributed by atoms with Gasteiger partial charge in [-0.1, -0.05) is 24.3 Å². The fourth-order valence-corrected chi connectivity index (χ4v) is 2.49. The SMILES string of the molecule is COCc1ccc(C(=O)O[C@H](C)c2nc3ccccc3c(=O)[nH]2)cc1. The predicted molar refractivity (Wildman–Crippen MR) is 93.3 cm³/mol. The first-order chi connectivity index (χ1) is 12.1. The second-order valence-electron chi connectivity index (χ2n) is 5.65. The van der Waals surface area contributed by atoms with Crippen LogP contribution in [0.15, 0.2) is 53.3 Å². The molecule has 0 unspecified atom stereocenters. The summed E-state index contributed by atoms with van der Waals surface area (Å²) in [5.74, 6) is -0.166. The lowest BCUT2D eigenvalue weighted by Gasteiger charge is -2.13. The number of ether oxygens (including phenoxy) is 2. The van der Waals surface area contributed by atoms with Crippen molar-refractivity contribution in [2.24, 2.45) is 0 Å². The third-order valence-corrected chi connectivity index (χ3v) is 3.80. The van der Waals surface area contributed by atoms with Crippen LogP contribution in [0.4, 0.5) is 0 Å². The highest BCUT2D eigenvalue weighted by Crippen LogP contribution is 2.17. The fraction of sp³-hybridized carbons (Fsp3) is 0.211. The molecule has 1 N–H and O–H groups in total. The van der Waals surface area contributed by atoms with Gasteiger partial charge in [-0.25, -0.2) is 9.78 Å². The number of fused-ring (bicyclic) bond motifs is 1. The number of hydrogen-bond donors (Lipinski definition) is 1. The maximum atomic E-state index is 12.3. The number of aromatic amines is 1. The molecule has 0 aliphatic heterocycles. The number of carbonyl (C=O) groups is 1. The van der Waals surface area contributed by atoms with E-state index in [4.69, 9.17) is 9.47 Å². The van der Waals surface area contributed by atoms with Gasteiger partial charge in [0.15, 0.2) is 11.9 Å². The molecular formula is C19H18N2O4. The number of para-hydroxylation sites is 1. The zero-order chi connectivity index (χ0) is 17.8. The van der Waals surface area contributed by atoms with Crippen molar-refractivity contribution in [3.63, 3.8) is 0 Å². The molecule has 3 rings (SSSR count). The summed E-state index contributed by atoms with van der Waals surface area (Å²) in [5, 5.41) is 0.499. The molecular weight excluding hydrogens is 320 g/mol. The second-order valence-corrected chi connectivity index (χ2v) is 5.65. The minimum absolute atomic E-state index is 0.257. The van der Waals surface area contributed by atoms with E-state index < -0.39 is 12.1 Å². The number of nitrogens with zero attached hydrogens (tertiary/aromatic N) is 1. The van der Waals surface area contributed by atoms with Gasteiger partial charge in [0.2, 0.25) is 0 Å². The number of rotatable bonds is 5. The summed E-state index contributed by atoms with van der Waals surface area (Å²) in [7, 11) is 1.61. The molecule has 0 radical (unpaired) electrons. The van der Waals surface area contributed by atoms with Crippen molar-refractivity contribution < 1.29 is 14.3 Å². The lowest BCUT2D eigenvalue weighted by Crippen LogP contribution is -2.17. The summed E-state index contributed by atoms with van der Waals surface area (Å²) in [4.78, 5) is 31.4. The summed E-state index contributed by atoms with van der Waals surface area (Å²) in [5.41, 5.74) is 1.70. The molecule has 0 fully saturated rings. The molecule has 128 valence electrons. The van der Waals surface area contributed by atoms with Gasteiger partial charge in [0.25, 0.3) is 5.56 Å². The highest BCUT2D eigenvalue weighted by atomic mass is 16.5. The van der Waals surface area contributed by atoms with Crippen molar-refractivity contribution in [2.45, 2.75) is 19.6 Å². The van der Waals surface area contributed by atoms with Gasteiger partial charge in [0.1, 0.15) is 0 Å². The number of benzene rings is 2. The van der Waals surface area contributed by atoms with Gasteiger partial charge in [-0.2, -0.15) is 0 Å². The zero-order valence-corrected chi connectivity index (χ0v) is 14.0. The summed E-state index contributed by atoms with van der Waals surface area (Å²) in [6, 6.07) is 14.0. The standard InChI is InChI=1S/C19H18N2O4/c1-12(17-20-16-6-4-3-5-15(16)18(22)21-17)25-19(23)14-9-7-13(8-10-14)11-24-2/h3-10,12H,11H2,1-2H3,(H,20,21,22)/t12-/m1/s1. The number of aromatic nitrogens is 2. The fourth-order valence-electron chi connectivity index (χ4n) is 2.49.